The van der Waals surface area contributed by atoms with Gasteiger partial charge in [-0.15, -0.1) is 5.10 Å². The van der Waals surface area contributed by atoms with Gasteiger partial charge < -0.3 is 19.6 Å². The van der Waals surface area contributed by atoms with Crippen LogP contribution in [-0.2, 0) is 11.0 Å². The molecular formula is C27H33F4N7O2S. The van der Waals surface area contributed by atoms with E-state index in [9.17, 15) is 21.8 Å². The number of pyridine rings is 1. The zero-order chi connectivity index (χ0) is 29.1. The number of aliphatic hydroxyl groups is 1. The number of nitrogens with one attached hydrogen (secondary N) is 1. The van der Waals surface area contributed by atoms with Gasteiger partial charge in [0.15, 0.2) is 0 Å². The normalized spacial score (nSPS) is 18.6. The fourth-order valence-corrected chi connectivity index (χ4v) is 5.85. The molecule has 3 aromatic rings. The molecule has 2 fully saturated rings. The van der Waals surface area contributed by atoms with Crippen LogP contribution < -0.4 is 14.5 Å². The van der Waals surface area contributed by atoms with E-state index in [-0.39, 0.29) is 38.3 Å². The van der Waals surface area contributed by atoms with Gasteiger partial charge in [0, 0.05) is 50.6 Å². The van der Waals surface area contributed by atoms with Crippen LogP contribution in [0, 0.1) is 12.8 Å². The SMILES string of the molecule is Cc1cc(-c2cn(-c3ccc(NS(=O)CCO)cc3N3CCC(C(F)F)CC3)nn2)nc(N2CCC(F)(F)CC2)c1. The van der Waals surface area contributed by atoms with Gasteiger partial charge in [-0.1, -0.05) is 5.21 Å². The number of aryl methyl sites for hydroxylation is 1. The molecule has 5 rings (SSSR count). The van der Waals surface area contributed by atoms with Crippen molar-refractivity contribution >= 4 is 28.2 Å². The summed E-state index contributed by atoms with van der Waals surface area (Å²) in [6.07, 6.45) is -0.402. The first-order chi connectivity index (χ1) is 19.6. The second-order valence-electron chi connectivity index (χ2n) is 10.5. The summed E-state index contributed by atoms with van der Waals surface area (Å²) >= 11 is 0. The molecule has 2 aliphatic rings. The van der Waals surface area contributed by atoms with Gasteiger partial charge in [0.05, 0.1) is 35.6 Å². The lowest BCUT2D eigenvalue weighted by Crippen LogP contribution is -2.39. The molecule has 41 heavy (non-hydrogen) atoms. The summed E-state index contributed by atoms with van der Waals surface area (Å²) in [5.74, 6) is -2.64. The van der Waals surface area contributed by atoms with E-state index in [1.807, 2.05) is 28.9 Å². The number of rotatable bonds is 9. The largest absolute Gasteiger partial charge is 0.395 e. The highest BCUT2D eigenvalue weighted by molar-refractivity contribution is 7.86. The fraction of sp³-hybridized carbons (Fsp3) is 0.519. The van der Waals surface area contributed by atoms with Crippen molar-refractivity contribution in [3.8, 4) is 17.1 Å². The molecule has 2 saturated heterocycles. The van der Waals surface area contributed by atoms with Gasteiger partial charge in [-0.25, -0.2) is 31.4 Å². The molecule has 1 unspecified atom stereocenters. The molecule has 2 aliphatic heterocycles. The van der Waals surface area contributed by atoms with Crippen molar-refractivity contribution in [3.63, 3.8) is 0 Å². The topological polar surface area (TPSA) is 99.4 Å². The Labute approximate surface area is 238 Å². The van der Waals surface area contributed by atoms with Gasteiger partial charge in [0.2, 0.25) is 6.43 Å². The van der Waals surface area contributed by atoms with Crippen molar-refractivity contribution in [2.24, 2.45) is 5.92 Å². The zero-order valence-corrected chi connectivity index (χ0v) is 23.5. The minimum atomic E-state index is -2.66. The van der Waals surface area contributed by atoms with E-state index in [2.05, 4.69) is 15.0 Å². The van der Waals surface area contributed by atoms with Crippen molar-refractivity contribution < 1.29 is 26.9 Å². The molecular weight excluding hydrogens is 562 g/mol. The van der Waals surface area contributed by atoms with Crippen LogP contribution in [-0.4, -0.2) is 80.2 Å². The number of hydrogen-bond acceptors (Lipinski definition) is 7. The lowest BCUT2D eigenvalue weighted by molar-refractivity contribution is -0.0221. The van der Waals surface area contributed by atoms with Crippen LogP contribution in [0.3, 0.4) is 0 Å². The minimum Gasteiger partial charge on any atom is -0.395 e. The lowest BCUT2D eigenvalue weighted by atomic mass is 9.97. The van der Waals surface area contributed by atoms with E-state index in [4.69, 9.17) is 10.1 Å². The number of piperidine rings is 2. The van der Waals surface area contributed by atoms with E-state index in [1.54, 1.807) is 29.1 Å². The van der Waals surface area contributed by atoms with Gasteiger partial charge in [0.25, 0.3) is 5.92 Å². The van der Waals surface area contributed by atoms with Gasteiger partial charge in [0.1, 0.15) is 22.5 Å². The number of benzene rings is 1. The summed E-state index contributed by atoms with van der Waals surface area (Å²) in [5, 5.41) is 17.8. The maximum absolute atomic E-state index is 13.7. The zero-order valence-electron chi connectivity index (χ0n) is 22.6. The lowest BCUT2D eigenvalue weighted by Gasteiger charge is -2.34. The van der Waals surface area contributed by atoms with Crippen molar-refractivity contribution in [1.29, 1.82) is 0 Å². The Kier molecular flexibility index (Phi) is 8.78. The smallest absolute Gasteiger partial charge is 0.251 e. The Bertz CT molecular complexity index is 1370. The number of aromatic nitrogens is 4. The van der Waals surface area contributed by atoms with Crippen molar-refractivity contribution in [1.82, 2.24) is 20.0 Å². The van der Waals surface area contributed by atoms with E-state index in [0.29, 0.717) is 60.2 Å². The maximum Gasteiger partial charge on any atom is 0.251 e. The molecule has 0 saturated carbocycles. The predicted octanol–water partition coefficient (Wildman–Crippen LogP) is 4.42. The van der Waals surface area contributed by atoms with Gasteiger partial charge >= 0.3 is 0 Å². The highest BCUT2D eigenvalue weighted by Gasteiger charge is 2.34. The molecule has 1 aromatic carbocycles. The molecule has 1 atom stereocenters. The summed E-state index contributed by atoms with van der Waals surface area (Å²) in [6, 6.07) is 9.04. The highest BCUT2D eigenvalue weighted by atomic mass is 32.2. The van der Waals surface area contributed by atoms with Crippen LogP contribution in [0.25, 0.3) is 17.1 Å². The van der Waals surface area contributed by atoms with Crippen LogP contribution >= 0.6 is 0 Å². The van der Waals surface area contributed by atoms with E-state index < -0.39 is 29.3 Å². The molecule has 14 heteroatoms. The number of aliphatic hydroxyl groups excluding tert-OH is 1. The Hall–Kier alpha value is -3.26. The summed E-state index contributed by atoms with van der Waals surface area (Å²) < 4.78 is 70.6. The van der Waals surface area contributed by atoms with Crippen LogP contribution in [0.15, 0.2) is 36.5 Å². The summed E-state index contributed by atoms with van der Waals surface area (Å²) in [4.78, 5) is 8.56. The molecule has 0 amide bonds. The van der Waals surface area contributed by atoms with Gasteiger partial charge in [-0.05, 0) is 55.7 Å². The molecule has 2 aromatic heterocycles. The first-order valence-electron chi connectivity index (χ1n) is 13.6. The van der Waals surface area contributed by atoms with Crippen molar-refractivity contribution in [3.05, 3.63) is 42.1 Å². The molecule has 0 radical (unpaired) electrons. The maximum atomic E-state index is 13.7. The highest BCUT2D eigenvalue weighted by Crippen LogP contribution is 2.34. The van der Waals surface area contributed by atoms with E-state index in [1.165, 1.54) is 0 Å². The third kappa shape index (κ3) is 6.97. The summed E-state index contributed by atoms with van der Waals surface area (Å²) in [6.45, 7) is 2.95. The first kappa shape index (κ1) is 29.2. The number of alkyl halides is 4. The Morgan fingerprint density at radius 3 is 2.46 bits per heavy atom. The molecule has 0 aliphatic carbocycles. The van der Waals surface area contributed by atoms with Gasteiger partial charge in [-0.2, -0.15) is 0 Å². The van der Waals surface area contributed by atoms with Crippen LogP contribution in [0.4, 0.5) is 34.8 Å². The minimum absolute atomic E-state index is 0.0641. The number of halogens is 4. The molecule has 0 spiro atoms. The van der Waals surface area contributed by atoms with Crippen molar-refractivity contribution in [2.75, 3.05) is 53.1 Å². The van der Waals surface area contributed by atoms with Crippen LogP contribution in [0.2, 0.25) is 0 Å². The third-order valence-corrected chi connectivity index (χ3v) is 8.51. The number of hydrogen-bond donors (Lipinski definition) is 2. The van der Waals surface area contributed by atoms with E-state index >= 15 is 0 Å². The molecule has 0 bridgehead atoms. The Balaban J connectivity index is 1.43. The fourth-order valence-electron chi connectivity index (χ4n) is 5.20. The van der Waals surface area contributed by atoms with Crippen molar-refractivity contribution in [2.45, 2.75) is 45.0 Å². The quantitative estimate of drug-likeness (QED) is 0.354. The Morgan fingerprint density at radius 2 is 1.78 bits per heavy atom. The molecule has 4 heterocycles. The molecule has 222 valence electrons. The average Bonchev–Trinajstić information content (AvgIpc) is 3.43. The molecule has 9 nitrogen and oxygen atoms in total. The standard InChI is InChI=1S/C27H33F4N7O2S/c1-18-14-21(32-25(15-18)37-10-6-27(30,31)7-11-37)22-17-38(35-33-22)23-3-2-20(34-41(40)13-12-39)16-24(23)36-8-4-19(5-9-36)26(28)29/h2-3,14-17,19,26,34,39H,4-13H2,1H3. The third-order valence-electron chi connectivity index (χ3n) is 7.50. The summed E-state index contributed by atoms with van der Waals surface area (Å²) in [7, 11) is -1.49. The summed E-state index contributed by atoms with van der Waals surface area (Å²) in [5.41, 5.74) is 3.89. The number of nitrogens with zero attached hydrogens (tertiary/aromatic N) is 6. The van der Waals surface area contributed by atoms with Crippen LogP contribution in [0.5, 0.6) is 0 Å². The van der Waals surface area contributed by atoms with Gasteiger partial charge in [-0.3, -0.25) is 0 Å². The first-order valence-corrected chi connectivity index (χ1v) is 14.9. The number of anilines is 3. The molecule has 2 N–H and O–H groups in total. The van der Waals surface area contributed by atoms with E-state index in [0.717, 1.165) is 5.56 Å². The predicted molar refractivity (Wildman–Crippen MR) is 150 cm³/mol. The Morgan fingerprint density at radius 1 is 1.05 bits per heavy atom. The van der Waals surface area contributed by atoms with Crippen LogP contribution in [0.1, 0.15) is 31.2 Å². The average molecular weight is 596 g/mol. The second kappa shape index (κ2) is 12.3. The monoisotopic (exact) mass is 595 g/mol. The second-order valence-corrected chi connectivity index (χ2v) is 11.8.